The number of methoxy groups -OCH3 is 1. The van der Waals surface area contributed by atoms with E-state index in [0.717, 1.165) is 6.07 Å². The predicted octanol–water partition coefficient (Wildman–Crippen LogP) is 6.11. The second kappa shape index (κ2) is 11.2. The Labute approximate surface area is 238 Å². The Kier molecular flexibility index (Phi) is 8.06. The number of anilines is 2. The van der Waals surface area contributed by atoms with Crippen LogP contribution in [-0.2, 0) is 11.8 Å². The van der Waals surface area contributed by atoms with Crippen LogP contribution in [0.15, 0.2) is 59.5 Å². The number of ether oxygens (including phenoxy) is 1. The molecule has 0 aliphatic rings. The Morgan fingerprint density at radius 3 is 2.51 bits per heavy atom. The number of hydrogen-bond acceptors (Lipinski definition) is 5. The lowest BCUT2D eigenvalue weighted by Gasteiger charge is -2.14. The molecule has 4 rings (SSSR count). The van der Waals surface area contributed by atoms with Crippen LogP contribution in [0.2, 0.25) is 0 Å². The number of carbonyl (C=O) groups excluding carboxylic acids is 2. The number of hydrogen-bond donors (Lipinski definition) is 3. The van der Waals surface area contributed by atoms with Crippen LogP contribution in [0.3, 0.4) is 0 Å². The standard InChI is InChI=1S/C27H21BrF5N5O3/c1-12(29)25(39)37-14-5-7-15(18(30)9-14)22-20(21-23(38(22)2)17(28)10-35-24(21)34)13-4-6-16(19(8-13)41-3)26(40)36-11-27(31,32)33/h4-10H,1,11H2,2-3H3,(H2,34,35)(H,36,40)(H,37,39). The van der Waals surface area contributed by atoms with Crippen molar-refractivity contribution in [2.45, 2.75) is 6.18 Å². The van der Waals surface area contributed by atoms with Crippen LogP contribution in [0.4, 0.5) is 33.5 Å². The Morgan fingerprint density at radius 2 is 1.90 bits per heavy atom. The van der Waals surface area contributed by atoms with Gasteiger partial charge in [0.1, 0.15) is 23.9 Å². The minimum Gasteiger partial charge on any atom is -0.496 e. The third-order valence-electron chi connectivity index (χ3n) is 6.11. The summed E-state index contributed by atoms with van der Waals surface area (Å²) in [5.74, 6) is -4.11. The average molecular weight is 638 g/mol. The predicted molar refractivity (Wildman–Crippen MR) is 147 cm³/mol. The van der Waals surface area contributed by atoms with Gasteiger partial charge in [0.05, 0.1) is 33.7 Å². The number of nitrogen functional groups attached to an aromatic ring is 1. The van der Waals surface area contributed by atoms with E-state index in [9.17, 15) is 27.2 Å². The maximum absolute atomic E-state index is 15.6. The van der Waals surface area contributed by atoms with Crippen molar-refractivity contribution in [1.29, 1.82) is 0 Å². The highest BCUT2D eigenvalue weighted by Gasteiger charge is 2.29. The maximum Gasteiger partial charge on any atom is 0.405 e. The van der Waals surface area contributed by atoms with Gasteiger partial charge in [-0.1, -0.05) is 12.6 Å². The summed E-state index contributed by atoms with van der Waals surface area (Å²) in [5.41, 5.74) is 7.76. The molecule has 0 spiro atoms. The van der Waals surface area contributed by atoms with Gasteiger partial charge in [-0.2, -0.15) is 13.2 Å². The highest BCUT2D eigenvalue weighted by atomic mass is 79.9. The highest BCUT2D eigenvalue weighted by Crippen LogP contribution is 2.46. The van der Waals surface area contributed by atoms with Crippen LogP contribution in [0.5, 0.6) is 5.75 Å². The molecule has 0 radical (unpaired) electrons. The molecule has 0 fully saturated rings. The lowest BCUT2D eigenvalue weighted by molar-refractivity contribution is -0.123. The largest absolute Gasteiger partial charge is 0.496 e. The fourth-order valence-electron chi connectivity index (χ4n) is 4.36. The molecule has 4 N–H and O–H groups in total. The Balaban J connectivity index is 1.93. The van der Waals surface area contributed by atoms with Crippen molar-refractivity contribution in [3.05, 3.63) is 70.9 Å². The minimum absolute atomic E-state index is 0.0198. The van der Waals surface area contributed by atoms with Crippen LogP contribution in [0, 0.1) is 5.82 Å². The zero-order valence-electron chi connectivity index (χ0n) is 21.4. The fourth-order valence-corrected chi connectivity index (χ4v) is 4.92. The van der Waals surface area contributed by atoms with Gasteiger partial charge in [0.25, 0.3) is 11.8 Å². The normalized spacial score (nSPS) is 11.4. The number of nitrogens with two attached hydrogens (primary N) is 1. The smallest absolute Gasteiger partial charge is 0.405 e. The van der Waals surface area contributed by atoms with Crippen LogP contribution in [0.1, 0.15) is 10.4 Å². The maximum atomic E-state index is 15.6. The van der Waals surface area contributed by atoms with E-state index in [1.54, 1.807) is 16.9 Å². The SMILES string of the molecule is C=C(F)C(=O)Nc1ccc(-c2c(-c3ccc(C(=O)NCC(F)(F)F)c(OC)c3)c3c(N)ncc(Br)c3n2C)c(F)c1. The molecule has 0 aliphatic carbocycles. The van der Waals surface area contributed by atoms with E-state index in [4.69, 9.17) is 10.5 Å². The monoisotopic (exact) mass is 637 g/mol. The van der Waals surface area contributed by atoms with E-state index in [0.29, 0.717) is 32.2 Å². The number of aryl methyl sites for hydroxylation is 1. The molecule has 2 aromatic heterocycles. The number of aromatic nitrogens is 2. The van der Waals surface area contributed by atoms with E-state index in [2.05, 4.69) is 32.8 Å². The average Bonchev–Trinajstić information content (AvgIpc) is 3.22. The van der Waals surface area contributed by atoms with Gasteiger partial charge in [0.2, 0.25) is 0 Å². The van der Waals surface area contributed by atoms with Gasteiger partial charge in [-0.15, -0.1) is 0 Å². The number of nitrogens with one attached hydrogen (secondary N) is 2. The first kappa shape index (κ1) is 29.5. The number of amides is 2. The van der Waals surface area contributed by atoms with Gasteiger partial charge >= 0.3 is 6.18 Å². The summed E-state index contributed by atoms with van der Waals surface area (Å²) in [6, 6.07) is 7.90. The number of fused-ring (bicyclic) bond motifs is 1. The van der Waals surface area contributed by atoms with Crippen molar-refractivity contribution in [1.82, 2.24) is 14.9 Å². The number of alkyl halides is 3. The highest BCUT2D eigenvalue weighted by molar-refractivity contribution is 9.10. The van der Waals surface area contributed by atoms with Crippen molar-refractivity contribution in [3.8, 4) is 28.1 Å². The van der Waals surface area contributed by atoms with E-state index in [-0.39, 0.29) is 28.4 Å². The van der Waals surface area contributed by atoms with Gasteiger partial charge in [0, 0.05) is 30.1 Å². The second-order valence-electron chi connectivity index (χ2n) is 8.76. The summed E-state index contributed by atoms with van der Waals surface area (Å²) in [6.45, 7) is 1.37. The van der Waals surface area contributed by atoms with Crippen molar-refractivity contribution >= 4 is 50.2 Å². The third kappa shape index (κ3) is 5.87. The van der Waals surface area contributed by atoms with Crippen LogP contribution >= 0.6 is 15.9 Å². The number of nitrogens with zero attached hydrogens (tertiary/aromatic N) is 2. The lowest BCUT2D eigenvalue weighted by atomic mass is 9.96. The molecule has 2 amide bonds. The molecule has 4 aromatic rings. The van der Waals surface area contributed by atoms with Gasteiger partial charge in [-0.25, -0.2) is 13.8 Å². The molecule has 2 aromatic carbocycles. The summed E-state index contributed by atoms with van der Waals surface area (Å²) >= 11 is 3.44. The number of halogens is 6. The van der Waals surface area contributed by atoms with Crippen LogP contribution in [-0.4, -0.2) is 41.2 Å². The Morgan fingerprint density at radius 1 is 1.20 bits per heavy atom. The molecule has 0 atom stereocenters. The first-order valence-electron chi connectivity index (χ1n) is 11.6. The van der Waals surface area contributed by atoms with E-state index in [1.165, 1.54) is 43.6 Å². The molecular formula is C27H21BrF5N5O3. The topological polar surface area (TPSA) is 111 Å². The molecular weight excluding hydrogens is 617 g/mol. The molecule has 2 heterocycles. The van der Waals surface area contributed by atoms with Crippen LogP contribution < -0.4 is 21.1 Å². The minimum atomic E-state index is -4.61. The van der Waals surface area contributed by atoms with Crippen molar-refractivity contribution in [2.24, 2.45) is 7.05 Å². The van der Waals surface area contributed by atoms with Crippen molar-refractivity contribution in [2.75, 3.05) is 24.7 Å². The fraction of sp³-hybridized carbons (Fsp3) is 0.148. The summed E-state index contributed by atoms with van der Waals surface area (Å²) in [4.78, 5) is 28.3. The first-order chi connectivity index (χ1) is 19.2. The third-order valence-corrected chi connectivity index (χ3v) is 6.69. The first-order valence-corrected chi connectivity index (χ1v) is 12.4. The second-order valence-corrected chi connectivity index (χ2v) is 9.62. The van der Waals surface area contributed by atoms with Crippen molar-refractivity contribution < 1.29 is 36.3 Å². The molecule has 8 nitrogen and oxygen atoms in total. The van der Waals surface area contributed by atoms with E-state index in [1.807, 2.05) is 0 Å². The Bertz CT molecular complexity index is 1720. The molecule has 14 heteroatoms. The quantitative estimate of drug-likeness (QED) is 0.167. The zero-order chi connectivity index (χ0) is 30.2. The lowest BCUT2D eigenvalue weighted by Crippen LogP contribution is -2.33. The van der Waals surface area contributed by atoms with E-state index >= 15 is 4.39 Å². The van der Waals surface area contributed by atoms with E-state index < -0.39 is 36.2 Å². The number of rotatable bonds is 7. The van der Waals surface area contributed by atoms with Crippen molar-refractivity contribution in [3.63, 3.8) is 0 Å². The molecule has 0 aliphatic heterocycles. The van der Waals surface area contributed by atoms with Gasteiger partial charge < -0.3 is 25.7 Å². The molecule has 214 valence electrons. The van der Waals surface area contributed by atoms with Gasteiger partial charge in [-0.3, -0.25) is 9.59 Å². The molecule has 0 bridgehead atoms. The summed E-state index contributed by atoms with van der Waals surface area (Å²) < 4.78 is 74.1. The number of pyridine rings is 1. The summed E-state index contributed by atoms with van der Waals surface area (Å²) in [5, 5.41) is 4.41. The van der Waals surface area contributed by atoms with Gasteiger partial charge in [0.15, 0.2) is 5.83 Å². The van der Waals surface area contributed by atoms with Gasteiger partial charge in [-0.05, 0) is 51.8 Å². The molecule has 0 saturated heterocycles. The summed E-state index contributed by atoms with van der Waals surface area (Å²) in [6.07, 6.45) is -3.14. The number of carbonyl (C=O) groups is 2. The van der Waals surface area contributed by atoms with Crippen LogP contribution in [0.25, 0.3) is 33.3 Å². The molecule has 0 saturated carbocycles. The summed E-state index contributed by atoms with van der Waals surface area (Å²) in [7, 11) is 2.90. The zero-order valence-corrected chi connectivity index (χ0v) is 23.0. The molecule has 0 unspecified atom stereocenters. The molecule has 41 heavy (non-hydrogen) atoms. The number of benzene rings is 2. The Hall–Kier alpha value is -4.46.